The van der Waals surface area contributed by atoms with E-state index >= 15 is 0 Å². The van der Waals surface area contributed by atoms with Crippen LogP contribution >= 0.6 is 0 Å². The molecule has 1 N–H and O–H groups in total. The zero-order valence-electron chi connectivity index (χ0n) is 12.1. The number of hydrogen-bond donors (Lipinski definition) is 1. The summed E-state index contributed by atoms with van der Waals surface area (Å²) >= 11 is 0. The summed E-state index contributed by atoms with van der Waals surface area (Å²) < 4.78 is 0. The fourth-order valence-electron chi connectivity index (χ4n) is 3.23. The lowest BCUT2D eigenvalue weighted by Gasteiger charge is -2.40. The van der Waals surface area contributed by atoms with Gasteiger partial charge in [0, 0.05) is 6.54 Å². The summed E-state index contributed by atoms with van der Waals surface area (Å²) in [6, 6.07) is -0.551. The van der Waals surface area contributed by atoms with Gasteiger partial charge in [0.25, 0.3) is 0 Å². The number of carbonyl (C=O) groups excluding carboxylic acids is 2. The number of rotatable bonds is 4. The molecule has 0 aromatic carbocycles. The van der Waals surface area contributed by atoms with Gasteiger partial charge in [-0.3, -0.25) is 9.59 Å². The standard InChI is InChI=1S/C15H24N2O2/c1-9(2)15(6-7-15)8-17-10(3)13(18)16-12(14(17)19)11-4-5-11/h9-12H,4-8H2,1-3H3,(H,16,18). The molecular formula is C15H24N2O2. The summed E-state index contributed by atoms with van der Waals surface area (Å²) in [6.07, 6.45) is 4.54. The Morgan fingerprint density at radius 3 is 2.42 bits per heavy atom. The first-order valence-corrected chi connectivity index (χ1v) is 7.55. The smallest absolute Gasteiger partial charge is 0.246 e. The molecule has 2 saturated carbocycles. The highest BCUT2D eigenvalue weighted by Gasteiger charge is 2.52. The topological polar surface area (TPSA) is 49.4 Å². The van der Waals surface area contributed by atoms with E-state index in [1.54, 1.807) is 0 Å². The van der Waals surface area contributed by atoms with Crippen LogP contribution < -0.4 is 5.32 Å². The van der Waals surface area contributed by atoms with Crippen molar-refractivity contribution in [1.29, 1.82) is 0 Å². The molecule has 4 heteroatoms. The molecule has 106 valence electrons. The molecule has 2 aliphatic carbocycles. The lowest BCUT2D eigenvalue weighted by atomic mass is 9.90. The lowest BCUT2D eigenvalue weighted by Crippen LogP contribution is -2.64. The van der Waals surface area contributed by atoms with Crippen molar-refractivity contribution in [1.82, 2.24) is 10.2 Å². The van der Waals surface area contributed by atoms with E-state index in [4.69, 9.17) is 0 Å². The Bertz CT molecular complexity index is 410. The highest BCUT2D eigenvalue weighted by molar-refractivity contribution is 5.97. The molecule has 3 fully saturated rings. The number of carbonyl (C=O) groups is 2. The maximum atomic E-state index is 12.6. The van der Waals surface area contributed by atoms with Crippen LogP contribution in [-0.2, 0) is 9.59 Å². The van der Waals surface area contributed by atoms with Gasteiger partial charge in [-0.2, -0.15) is 0 Å². The fraction of sp³-hybridized carbons (Fsp3) is 0.867. The van der Waals surface area contributed by atoms with Gasteiger partial charge >= 0.3 is 0 Å². The molecule has 1 saturated heterocycles. The predicted octanol–water partition coefficient (Wildman–Crippen LogP) is 1.55. The first-order chi connectivity index (χ1) is 8.94. The molecule has 1 heterocycles. The first kappa shape index (κ1) is 12.9. The highest BCUT2D eigenvalue weighted by atomic mass is 16.2. The van der Waals surface area contributed by atoms with E-state index in [0.717, 1.165) is 19.4 Å². The van der Waals surface area contributed by atoms with Gasteiger partial charge in [-0.05, 0) is 49.9 Å². The Kier molecular flexibility index (Phi) is 2.88. The normalized spacial score (nSPS) is 33.6. The molecule has 4 nitrogen and oxygen atoms in total. The van der Waals surface area contributed by atoms with E-state index in [0.29, 0.717) is 11.8 Å². The van der Waals surface area contributed by atoms with Gasteiger partial charge < -0.3 is 10.2 Å². The van der Waals surface area contributed by atoms with Crippen molar-refractivity contribution in [2.75, 3.05) is 6.54 Å². The molecule has 3 rings (SSSR count). The number of piperazine rings is 1. The zero-order chi connectivity index (χ0) is 13.8. The van der Waals surface area contributed by atoms with Gasteiger partial charge in [-0.25, -0.2) is 0 Å². The molecule has 2 atom stereocenters. The maximum Gasteiger partial charge on any atom is 0.246 e. The zero-order valence-corrected chi connectivity index (χ0v) is 12.1. The van der Waals surface area contributed by atoms with E-state index in [2.05, 4.69) is 19.2 Å². The van der Waals surface area contributed by atoms with Crippen molar-refractivity contribution < 1.29 is 9.59 Å². The van der Waals surface area contributed by atoms with Crippen LogP contribution in [0.2, 0.25) is 0 Å². The summed E-state index contributed by atoms with van der Waals surface area (Å²) in [7, 11) is 0. The van der Waals surface area contributed by atoms with Crippen LogP contribution in [0.5, 0.6) is 0 Å². The third-order valence-electron chi connectivity index (χ3n) is 5.39. The van der Waals surface area contributed by atoms with Gasteiger partial charge in [0.1, 0.15) is 12.1 Å². The van der Waals surface area contributed by atoms with Gasteiger partial charge in [0.2, 0.25) is 11.8 Å². The molecule has 0 aromatic heterocycles. The van der Waals surface area contributed by atoms with E-state index < -0.39 is 0 Å². The van der Waals surface area contributed by atoms with E-state index in [1.165, 1.54) is 12.8 Å². The Morgan fingerprint density at radius 1 is 1.32 bits per heavy atom. The van der Waals surface area contributed by atoms with E-state index in [1.807, 2.05) is 11.8 Å². The van der Waals surface area contributed by atoms with Crippen molar-refractivity contribution in [2.45, 2.75) is 58.5 Å². The Morgan fingerprint density at radius 2 is 1.95 bits per heavy atom. The highest BCUT2D eigenvalue weighted by Crippen LogP contribution is 2.52. The Labute approximate surface area is 114 Å². The SMILES string of the molecule is CC1C(=O)NC(C2CC2)C(=O)N1CC1(C(C)C)CC1. The average Bonchev–Trinajstić information content (AvgIpc) is 3.23. The van der Waals surface area contributed by atoms with Crippen LogP contribution in [0.3, 0.4) is 0 Å². The molecule has 19 heavy (non-hydrogen) atoms. The minimum absolute atomic E-state index is 0.0241. The summed E-state index contributed by atoms with van der Waals surface area (Å²) in [5.41, 5.74) is 0.273. The fourth-order valence-corrected chi connectivity index (χ4v) is 3.23. The molecule has 0 spiro atoms. The van der Waals surface area contributed by atoms with Crippen LogP contribution in [0.1, 0.15) is 46.5 Å². The monoisotopic (exact) mass is 264 g/mol. The lowest BCUT2D eigenvalue weighted by molar-refractivity contribution is -0.150. The molecule has 2 amide bonds. The summed E-state index contributed by atoms with van der Waals surface area (Å²) in [5.74, 6) is 1.15. The van der Waals surface area contributed by atoms with Gasteiger partial charge in [-0.15, -0.1) is 0 Å². The first-order valence-electron chi connectivity index (χ1n) is 7.55. The molecule has 2 unspecified atom stereocenters. The average molecular weight is 264 g/mol. The quantitative estimate of drug-likeness (QED) is 0.837. The second-order valence-electron chi connectivity index (χ2n) is 6.98. The number of amides is 2. The van der Waals surface area contributed by atoms with Gasteiger partial charge in [-0.1, -0.05) is 13.8 Å². The molecule has 0 bridgehead atoms. The minimum atomic E-state index is -0.307. The van der Waals surface area contributed by atoms with Gasteiger partial charge in [0.05, 0.1) is 0 Å². The predicted molar refractivity (Wildman–Crippen MR) is 72.3 cm³/mol. The second kappa shape index (κ2) is 4.22. The van der Waals surface area contributed by atoms with Crippen LogP contribution in [0.25, 0.3) is 0 Å². The molecule has 0 aromatic rings. The van der Waals surface area contributed by atoms with Crippen molar-refractivity contribution in [3.8, 4) is 0 Å². The third-order valence-corrected chi connectivity index (χ3v) is 5.39. The third kappa shape index (κ3) is 2.15. The van der Waals surface area contributed by atoms with Crippen LogP contribution in [0, 0.1) is 17.3 Å². The van der Waals surface area contributed by atoms with Crippen LogP contribution in [0.15, 0.2) is 0 Å². The van der Waals surface area contributed by atoms with Crippen LogP contribution in [0.4, 0.5) is 0 Å². The van der Waals surface area contributed by atoms with Crippen molar-refractivity contribution in [3.63, 3.8) is 0 Å². The van der Waals surface area contributed by atoms with Crippen molar-refractivity contribution in [2.24, 2.45) is 17.3 Å². The van der Waals surface area contributed by atoms with Gasteiger partial charge in [0.15, 0.2) is 0 Å². The minimum Gasteiger partial charge on any atom is -0.342 e. The number of hydrogen-bond acceptors (Lipinski definition) is 2. The number of nitrogens with one attached hydrogen (secondary N) is 1. The molecule has 0 radical (unpaired) electrons. The molecule has 1 aliphatic heterocycles. The largest absolute Gasteiger partial charge is 0.342 e. The van der Waals surface area contributed by atoms with Crippen molar-refractivity contribution in [3.05, 3.63) is 0 Å². The van der Waals surface area contributed by atoms with Crippen molar-refractivity contribution >= 4 is 11.8 Å². The Hall–Kier alpha value is -1.06. The second-order valence-corrected chi connectivity index (χ2v) is 6.98. The molecule has 3 aliphatic rings. The summed E-state index contributed by atoms with van der Waals surface area (Å²) in [4.78, 5) is 26.5. The van der Waals surface area contributed by atoms with Crippen LogP contribution in [-0.4, -0.2) is 35.3 Å². The Balaban J connectivity index is 1.77. The maximum absolute atomic E-state index is 12.6. The van der Waals surface area contributed by atoms with E-state index in [-0.39, 0.29) is 29.3 Å². The summed E-state index contributed by atoms with van der Waals surface area (Å²) in [5, 5.41) is 2.91. The molecular weight excluding hydrogens is 240 g/mol. The number of nitrogens with zero attached hydrogens (tertiary/aromatic N) is 1. The summed E-state index contributed by atoms with van der Waals surface area (Å²) in [6.45, 7) is 7.07. The van der Waals surface area contributed by atoms with E-state index in [9.17, 15) is 9.59 Å².